The van der Waals surface area contributed by atoms with Crippen LogP contribution in [0.25, 0.3) is 15.9 Å². The van der Waals surface area contributed by atoms with Gasteiger partial charge in [0.1, 0.15) is 10.4 Å². The van der Waals surface area contributed by atoms with Gasteiger partial charge in [-0.25, -0.2) is 4.79 Å². The molecule has 2 aromatic rings. The number of aliphatic carboxylic acids is 1. The molecular weight excluding hydrogens is 316 g/mol. The molecule has 0 spiro atoms. The third-order valence-corrected chi connectivity index (χ3v) is 5.66. The molecule has 0 bridgehead atoms. The van der Waals surface area contributed by atoms with Crippen LogP contribution in [0.5, 0.6) is 0 Å². The number of hydrogen-bond donors (Lipinski definition) is 2. The van der Waals surface area contributed by atoms with Crippen LogP contribution in [0, 0.1) is 5.92 Å². The summed E-state index contributed by atoms with van der Waals surface area (Å²) >= 11 is 1.32. The maximum atomic E-state index is 12.2. The van der Waals surface area contributed by atoms with E-state index in [1.807, 2.05) is 36.5 Å². The van der Waals surface area contributed by atoms with Crippen LogP contribution in [0.4, 0.5) is 0 Å². The van der Waals surface area contributed by atoms with Crippen LogP contribution in [0.15, 0.2) is 42.2 Å². The first-order valence-electron chi connectivity index (χ1n) is 7.22. The Morgan fingerprint density at radius 3 is 2.74 bits per heavy atom. The summed E-state index contributed by atoms with van der Waals surface area (Å²) < 4.78 is 1.80. The fourth-order valence-corrected chi connectivity index (χ4v) is 4.80. The van der Waals surface area contributed by atoms with Gasteiger partial charge in [0.15, 0.2) is 5.70 Å². The highest BCUT2D eigenvalue weighted by molar-refractivity contribution is 8.09. The molecule has 1 saturated heterocycles. The number of rotatable bonds is 3. The predicted octanol–water partition coefficient (Wildman–Crippen LogP) is 1.76. The van der Waals surface area contributed by atoms with E-state index in [-0.39, 0.29) is 17.0 Å². The first-order valence-corrected chi connectivity index (χ1v) is 8.10. The molecule has 2 N–H and O–H groups in total. The monoisotopic (exact) mass is 330 g/mol. The zero-order chi connectivity index (χ0) is 16.3. The second kappa shape index (κ2) is 4.87. The Bertz CT molecular complexity index is 870. The average molecular weight is 330 g/mol. The summed E-state index contributed by atoms with van der Waals surface area (Å²) in [7, 11) is 0. The van der Waals surface area contributed by atoms with Crippen molar-refractivity contribution in [2.24, 2.45) is 5.92 Å². The highest BCUT2D eigenvalue weighted by atomic mass is 32.2. The van der Waals surface area contributed by atoms with E-state index >= 15 is 0 Å². The zero-order valence-corrected chi connectivity index (χ0v) is 13.0. The Morgan fingerprint density at radius 1 is 1.30 bits per heavy atom. The van der Waals surface area contributed by atoms with E-state index in [1.165, 1.54) is 16.7 Å². The zero-order valence-electron chi connectivity index (χ0n) is 12.2. The molecule has 23 heavy (non-hydrogen) atoms. The number of nitrogens with zero attached hydrogens (tertiary/aromatic N) is 2. The molecule has 2 aliphatic heterocycles. The van der Waals surface area contributed by atoms with Crippen LogP contribution in [0.3, 0.4) is 0 Å². The van der Waals surface area contributed by atoms with E-state index in [0.29, 0.717) is 5.03 Å². The molecule has 3 atom stereocenters. The Morgan fingerprint density at radius 2 is 2.04 bits per heavy atom. The van der Waals surface area contributed by atoms with Gasteiger partial charge < -0.3 is 14.8 Å². The molecule has 1 aromatic heterocycles. The quantitative estimate of drug-likeness (QED) is 0.838. The molecule has 118 valence electrons. The molecule has 3 heterocycles. The highest BCUT2D eigenvalue weighted by Gasteiger charge is 2.58. The van der Waals surface area contributed by atoms with Crippen molar-refractivity contribution in [1.29, 1.82) is 0 Å². The Hall–Kier alpha value is -2.25. The summed E-state index contributed by atoms with van der Waals surface area (Å²) in [6, 6.07) is 9.57. The minimum absolute atomic E-state index is 0.0109. The molecule has 0 saturated carbocycles. The normalized spacial score (nSPS) is 24.8. The van der Waals surface area contributed by atoms with Crippen LogP contribution in [0.2, 0.25) is 0 Å². The van der Waals surface area contributed by atoms with Crippen LogP contribution < -0.4 is 0 Å². The van der Waals surface area contributed by atoms with Gasteiger partial charge >= 0.3 is 5.97 Å². The minimum atomic E-state index is -1.13. The van der Waals surface area contributed by atoms with E-state index in [9.17, 15) is 19.8 Å². The van der Waals surface area contributed by atoms with Crippen molar-refractivity contribution in [3.63, 3.8) is 0 Å². The second-order valence-corrected chi connectivity index (χ2v) is 6.79. The Balaban J connectivity index is 1.85. The Labute approximate surface area is 136 Å². The lowest BCUT2D eigenvalue weighted by Gasteiger charge is -2.43. The van der Waals surface area contributed by atoms with Crippen molar-refractivity contribution in [2.45, 2.75) is 18.4 Å². The SMILES string of the molecule is C[C@@H](O)[C@H]1C(=O)N2C(C(=O)O)=C(n3ccc4ccccc43)S[C@H]12. The lowest BCUT2D eigenvalue weighted by molar-refractivity contribution is -0.156. The fourth-order valence-electron chi connectivity index (χ4n) is 3.19. The van der Waals surface area contributed by atoms with Crippen LogP contribution in [0.1, 0.15) is 6.92 Å². The third-order valence-electron chi connectivity index (χ3n) is 4.30. The number of carbonyl (C=O) groups excluding carboxylic acids is 1. The topological polar surface area (TPSA) is 82.8 Å². The number of benzene rings is 1. The van der Waals surface area contributed by atoms with Crippen molar-refractivity contribution < 1.29 is 19.8 Å². The summed E-state index contributed by atoms with van der Waals surface area (Å²) in [6.45, 7) is 1.56. The lowest BCUT2D eigenvalue weighted by atomic mass is 9.92. The van der Waals surface area contributed by atoms with Gasteiger partial charge in [0.05, 0.1) is 17.5 Å². The van der Waals surface area contributed by atoms with Gasteiger partial charge in [0.2, 0.25) is 5.91 Å². The standard InChI is InChI=1S/C16H14N2O4S/c1-8(19)11-13(20)18-12(16(21)22)15(23-14(11)18)17-7-6-9-4-2-3-5-10(9)17/h2-8,11,14,19H,1H3,(H,21,22)/t8-,11+,14-/m1/s1. The molecule has 6 nitrogen and oxygen atoms in total. The number of aromatic nitrogens is 1. The number of carboxylic acid groups (broad SMARTS) is 1. The van der Waals surface area contributed by atoms with Gasteiger partial charge in [-0.1, -0.05) is 30.0 Å². The number of thioether (sulfide) groups is 1. The van der Waals surface area contributed by atoms with E-state index < -0.39 is 18.0 Å². The molecule has 1 amide bonds. The van der Waals surface area contributed by atoms with Gasteiger partial charge in [-0.05, 0) is 24.4 Å². The summed E-state index contributed by atoms with van der Waals surface area (Å²) in [4.78, 5) is 25.2. The molecule has 0 unspecified atom stereocenters. The fraction of sp³-hybridized carbons (Fsp3) is 0.250. The number of hydrogen-bond acceptors (Lipinski definition) is 4. The van der Waals surface area contributed by atoms with Gasteiger partial charge in [-0.2, -0.15) is 0 Å². The number of para-hydroxylation sites is 1. The maximum absolute atomic E-state index is 12.2. The third kappa shape index (κ3) is 1.87. The van der Waals surface area contributed by atoms with Crippen molar-refractivity contribution in [1.82, 2.24) is 9.47 Å². The lowest BCUT2D eigenvalue weighted by Crippen LogP contribution is -2.60. The summed E-state index contributed by atoms with van der Waals surface area (Å²) in [5, 5.41) is 20.5. The van der Waals surface area contributed by atoms with Crippen molar-refractivity contribution >= 4 is 39.6 Å². The summed E-state index contributed by atoms with van der Waals surface area (Å²) in [5.41, 5.74) is 0.876. The van der Waals surface area contributed by atoms with Crippen molar-refractivity contribution in [3.05, 3.63) is 42.2 Å². The molecule has 2 aliphatic rings. The van der Waals surface area contributed by atoms with E-state index in [1.54, 1.807) is 11.5 Å². The maximum Gasteiger partial charge on any atom is 0.355 e. The summed E-state index contributed by atoms with van der Waals surface area (Å²) in [6.07, 6.45) is 1.01. The van der Waals surface area contributed by atoms with Gasteiger partial charge in [0, 0.05) is 6.20 Å². The minimum Gasteiger partial charge on any atom is -0.476 e. The molecule has 1 fully saturated rings. The molecule has 1 aromatic carbocycles. The number of aliphatic hydroxyl groups is 1. The van der Waals surface area contributed by atoms with Crippen molar-refractivity contribution in [3.8, 4) is 0 Å². The molecule has 0 aliphatic carbocycles. The highest BCUT2D eigenvalue weighted by Crippen LogP contribution is 2.52. The largest absolute Gasteiger partial charge is 0.476 e. The average Bonchev–Trinajstić information content (AvgIpc) is 3.05. The van der Waals surface area contributed by atoms with E-state index in [4.69, 9.17) is 0 Å². The molecular formula is C16H14N2O4S. The number of aliphatic hydroxyl groups excluding tert-OH is 1. The van der Waals surface area contributed by atoms with E-state index in [0.717, 1.165) is 10.9 Å². The molecule has 4 rings (SSSR count). The number of amides is 1. The van der Waals surface area contributed by atoms with Gasteiger partial charge in [0.25, 0.3) is 0 Å². The number of β-lactam (4-membered cyclic amide) rings is 1. The molecule has 0 radical (unpaired) electrons. The van der Waals surface area contributed by atoms with Crippen LogP contribution in [-0.2, 0) is 9.59 Å². The van der Waals surface area contributed by atoms with Crippen LogP contribution in [-0.4, -0.2) is 43.0 Å². The number of fused-ring (bicyclic) bond motifs is 2. The first-order chi connectivity index (χ1) is 11.0. The number of carboxylic acids is 1. The Kier molecular flexibility index (Phi) is 3.04. The van der Waals surface area contributed by atoms with Crippen molar-refractivity contribution in [2.75, 3.05) is 0 Å². The van der Waals surface area contributed by atoms with Gasteiger partial charge in [-0.15, -0.1) is 0 Å². The van der Waals surface area contributed by atoms with E-state index in [2.05, 4.69) is 0 Å². The smallest absolute Gasteiger partial charge is 0.355 e. The molecule has 7 heteroatoms. The second-order valence-electron chi connectivity index (χ2n) is 5.69. The van der Waals surface area contributed by atoms with Crippen LogP contribution >= 0.6 is 11.8 Å². The summed E-state index contributed by atoms with van der Waals surface area (Å²) in [5.74, 6) is -2.03. The van der Waals surface area contributed by atoms with Gasteiger partial charge in [-0.3, -0.25) is 9.69 Å². The predicted molar refractivity (Wildman–Crippen MR) is 86.2 cm³/mol. The number of carbonyl (C=O) groups is 2. The first kappa shape index (κ1) is 14.3.